The molecule has 0 spiro atoms. The molecular formula is C60H57N3O13+2. The zero-order chi connectivity index (χ0) is 51.5. The predicted octanol–water partition coefficient (Wildman–Crippen LogP) is 7.55. The average molecular weight is 1030 g/mol. The molecular weight excluding hydrogens is 971 g/mol. The fraction of sp³-hybridized carbons (Fsp3) is 0.250. The number of benzene rings is 6. The number of ether oxygens (including phenoxy) is 8. The summed E-state index contributed by atoms with van der Waals surface area (Å²) in [4.78, 5) is 0. The summed E-state index contributed by atoms with van der Waals surface area (Å²) in [5.74, 6) is 6.15. The zero-order valence-electron chi connectivity index (χ0n) is 42.5. The van der Waals surface area contributed by atoms with Crippen molar-refractivity contribution in [1.29, 1.82) is 0 Å². The number of aromatic nitrogens is 3. The number of fused-ring (bicyclic) bond motifs is 15. The van der Waals surface area contributed by atoms with Crippen molar-refractivity contribution >= 4 is 32.3 Å². The van der Waals surface area contributed by atoms with Crippen LogP contribution in [0.5, 0.6) is 51.7 Å². The molecule has 0 atom stereocenters. The van der Waals surface area contributed by atoms with Gasteiger partial charge in [-0.25, -0.2) is 0 Å². The van der Waals surface area contributed by atoms with Crippen molar-refractivity contribution in [1.82, 2.24) is 0 Å². The van der Waals surface area contributed by atoms with E-state index in [0.717, 1.165) is 145 Å². The highest BCUT2D eigenvalue weighted by atomic mass is 16.7. The Morgan fingerprint density at radius 3 is 1.55 bits per heavy atom. The predicted molar refractivity (Wildman–Crippen MR) is 280 cm³/mol. The highest BCUT2D eigenvalue weighted by molar-refractivity contribution is 5.94. The van der Waals surface area contributed by atoms with Crippen LogP contribution in [0, 0.1) is 0 Å². The zero-order valence-corrected chi connectivity index (χ0v) is 42.5. The van der Waals surface area contributed by atoms with E-state index in [2.05, 4.69) is 68.7 Å². The van der Waals surface area contributed by atoms with E-state index in [-0.39, 0.29) is 31.0 Å². The molecule has 5 aliphatic rings. The summed E-state index contributed by atoms with van der Waals surface area (Å²) in [7, 11) is 6.47. The van der Waals surface area contributed by atoms with E-state index in [1.165, 1.54) is 22.4 Å². The Hall–Kier alpha value is -8.41. The molecule has 14 rings (SSSR count). The number of aryl methyl sites for hydroxylation is 6. The van der Waals surface area contributed by atoms with E-state index in [1.807, 2.05) is 48.5 Å². The number of aliphatic hydroxyl groups is 3. The normalized spacial score (nSPS) is 13.6. The molecule has 0 radical (unpaired) electrons. The number of phenols is 1. The van der Waals surface area contributed by atoms with Gasteiger partial charge >= 0.3 is 0 Å². The molecule has 9 aromatic rings. The van der Waals surface area contributed by atoms with Gasteiger partial charge in [0.25, 0.3) is 0 Å². The maximum Gasteiger partial charge on any atom is 0.231 e. The Kier molecular flexibility index (Phi) is 13.3. The molecule has 6 aromatic carbocycles. The van der Waals surface area contributed by atoms with Crippen LogP contribution in [0.3, 0.4) is 0 Å². The van der Waals surface area contributed by atoms with Crippen molar-refractivity contribution in [2.24, 2.45) is 0 Å². The maximum absolute atomic E-state index is 10.0. The molecule has 0 aliphatic carbocycles. The Labute approximate surface area is 437 Å². The van der Waals surface area contributed by atoms with Crippen LogP contribution >= 0.6 is 0 Å². The third-order valence-electron chi connectivity index (χ3n) is 15.0. The lowest BCUT2D eigenvalue weighted by Crippen LogP contribution is -2.40. The van der Waals surface area contributed by atoms with Crippen LogP contribution in [-0.4, -0.2) is 67.9 Å². The Morgan fingerprint density at radius 1 is 0.447 bits per heavy atom. The number of hydrogen-bond acceptors (Lipinski definition) is 13. The van der Waals surface area contributed by atoms with Gasteiger partial charge in [0, 0.05) is 48.6 Å². The van der Waals surface area contributed by atoms with Gasteiger partial charge in [0.05, 0.1) is 75.5 Å². The SMILES string of the molecule is COc1cc2c(cc1O)CC[n+]1cc3c(OC)c(CO)ccc3cc1-2.COc1ccc2cc3[n+](cc2c1OC)CCc1cc(CO)c(CO)cc1-3.[OH-].c1c2c(cc3c1OCO3)-c1cc3ccc4c(c3c[n+]1CC2)OCO4. The van der Waals surface area contributed by atoms with Crippen LogP contribution in [0.1, 0.15) is 33.4 Å². The van der Waals surface area contributed by atoms with Crippen LogP contribution in [0.4, 0.5) is 0 Å². The Bertz CT molecular complexity index is 3790. The van der Waals surface area contributed by atoms with Crippen LogP contribution < -0.4 is 51.6 Å². The molecule has 0 unspecified atom stereocenters. The van der Waals surface area contributed by atoms with E-state index >= 15 is 0 Å². The van der Waals surface area contributed by atoms with Crippen molar-refractivity contribution in [3.05, 3.63) is 143 Å². The van der Waals surface area contributed by atoms with Gasteiger partial charge in [-0.2, -0.15) is 13.7 Å². The minimum absolute atomic E-state index is 0. The van der Waals surface area contributed by atoms with Crippen LogP contribution in [0.15, 0.2) is 110 Å². The molecule has 5 N–H and O–H groups in total. The summed E-state index contributed by atoms with van der Waals surface area (Å²) in [6, 6.07) is 30.3. The van der Waals surface area contributed by atoms with Gasteiger partial charge in [0.15, 0.2) is 84.2 Å². The molecule has 388 valence electrons. The Balaban J connectivity index is 0.000000121. The summed E-state index contributed by atoms with van der Waals surface area (Å²) >= 11 is 0. The molecule has 3 aromatic heterocycles. The molecule has 76 heavy (non-hydrogen) atoms. The lowest BCUT2D eigenvalue weighted by atomic mass is 9.91. The summed E-state index contributed by atoms with van der Waals surface area (Å²) in [6.45, 7) is 3.00. The molecule has 16 heteroatoms. The number of phenolic OH excluding ortho intramolecular Hbond substituents is 1. The molecule has 0 bridgehead atoms. The van der Waals surface area contributed by atoms with Gasteiger partial charge in [-0.05, 0) is 98.6 Å². The topological polar surface area (TPSA) is 196 Å². The van der Waals surface area contributed by atoms with Crippen LogP contribution in [0.2, 0.25) is 0 Å². The van der Waals surface area contributed by atoms with Gasteiger partial charge in [0.1, 0.15) is 5.75 Å². The third kappa shape index (κ3) is 8.48. The lowest BCUT2D eigenvalue weighted by Gasteiger charge is -2.19. The maximum atomic E-state index is 10.0. The fourth-order valence-electron chi connectivity index (χ4n) is 11.2. The van der Waals surface area contributed by atoms with Crippen molar-refractivity contribution in [2.45, 2.75) is 58.7 Å². The summed E-state index contributed by atoms with van der Waals surface area (Å²) in [5, 5.41) is 45.1. The first-order valence-electron chi connectivity index (χ1n) is 24.9. The van der Waals surface area contributed by atoms with Gasteiger partial charge in [-0.3, -0.25) is 0 Å². The second kappa shape index (κ2) is 20.4. The summed E-state index contributed by atoms with van der Waals surface area (Å²) in [6.07, 6.45) is 9.03. The number of rotatable bonds is 7. The quantitative estimate of drug-likeness (QED) is 0.114. The first-order valence-corrected chi connectivity index (χ1v) is 24.9. The molecule has 0 fully saturated rings. The molecule has 0 amide bonds. The van der Waals surface area contributed by atoms with Crippen molar-refractivity contribution < 1.29 is 77.5 Å². The van der Waals surface area contributed by atoms with Crippen molar-refractivity contribution in [2.75, 3.05) is 42.0 Å². The van der Waals surface area contributed by atoms with Crippen molar-refractivity contribution in [3.8, 4) is 85.5 Å². The van der Waals surface area contributed by atoms with Crippen molar-refractivity contribution in [3.63, 3.8) is 0 Å². The fourth-order valence-corrected chi connectivity index (χ4v) is 11.2. The molecule has 0 saturated heterocycles. The number of pyridine rings is 3. The van der Waals surface area contributed by atoms with E-state index in [0.29, 0.717) is 30.8 Å². The second-order valence-corrected chi connectivity index (χ2v) is 19.0. The highest BCUT2D eigenvalue weighted by Crippen LogP contribution is 2.44. The largest absolute Gasteiger partial charge is 0.870 e. The first kappa shape index (κ1) is 49.8. The summed E-state index contributed by atoms with van der Waals surface area (Å²) in [5.41, 5.74) is 12.7. The summed E-state index contributed by atoms with van der Waals surface area (Å²) < 4.78 is 50.7. The molecule has 8 heterocycles. The molecule has 16 nitrogen and oxygen atoms in total. The minimum Gasteiger partial charge on any atom is -0.870 e. The van der Waals surface area contributed by atoms with Crippen LogP contribution in [-0.2, 0) is 58.7 Å². The first-order chi connectivity index (χ1) is 36.7. The van der Waals surface area contributed by atoms with E-state index in [9.17, 15) is 20.4 Å². The van der Waals surface area contributed by atoms with Gasteiger partial charge < -0.3 is 63.8 Å². The monoisotopic (exact) mass is 1030 g/mol. The smallest absolute Gasteiger partial charge is 0.231 e. The van der Waals surface area contributed by atoms with Crippen LogP contribution in [0.25, 0.3) is 66.1 Å². The standard InChI is InChI=1S/C21H22NO4.C20H19NO4.C19H14NO4.H2O/c1-25-20-4-3-13-9-19-17-8-16(12-24)15(11-23)7-14(17)5-6-22(19)10-18(13)21(20)26-2;1-24-19-9-15-13(8-18(19)23)5-6-21-10-16-12(7-17(15)21)3-4-14(11-22)20(16)25-2;1-2-16-19(24-10-21-16)14-8-20-4-3-12-6-17-18(23-9-22-17)7-13(12)15(20)5-11(1)14;/h3-4,7-10,23-24H,5-6,11-12H2,1-2H3;3-4,7-10,22H,5-6,11H2,1-2H3;1-2,5-8H,3-4,9-10H2;1H2/q+1;;+1;. The lowest BCUT2D eigenvalue weighted by molar-refractivity contribution is -0.686. The molecule has 5 aliphatic heterocycles. The van der Waals surface area contributed by atoms with Gasteiger partial charge in [-0.15, -0.1) is 0 Å². The number of hydrogen-bond donors (Lipinski definition) is 4. The Morgan fingerprint density at radius 2 is 0.934 bits per heavy atom. The van der Waals surface area contributed by atoms with E-state index in [1.54, 1.807) is 34.5 Å². The molecule has 0 saturated carbocycles. The third-order valence-corrected chi connectivity index (χ3v) is 15.0. The van der Waals surface area contributed by atoms with Gasteiger partial charge in [0.2, 0.25) is 30.7 Å². The highest BCUT2D eigenvalue weighted by Gasteiger charge is 2.31. The van der Waals surface area contributed by atoms with E-state index in [4.69, 9.17) is 37.9 Å². The second-order valence-electron chi connectivity index (χ2n) is 19.0. The van der Waals surface area contributed by atoms with E-state index < -0.39 is 0 Å². The minimum atomic E-state index is -0.0816. The average Bonchev–Trinajstić information content (AvgIpc) is 4.16. The van der Waals surface area contributed by atoms with Gasteiger partial charge in [-0.1, -0.05) is 18.2 Å². The number of aromatic hydroxyl groups is 1. The number of aliphatic hydroxyl groups excluding tert-OH is 3. The number of methoxy groups -OCH3 is 4. The number of nitrogens with zero attached hydrogens (tertiary/aromatic N) is 3.